The van der Waals surface area contributed by atoms with Gasteiger partial charge in [0.2, 0.25) is 0 Å². The number of rotatable bonds is 27. The molecule has 12 heteroatoms. The zero-order chi connectivity index (χ0) is 25.2. The highest BCUT2D eigenvalue weighted by Crippen LogP contribution is 2.02. The second-order valence-corrected chi connectivity index (χ2v) is 7.05. The number of hydrogen-bond donors (Lipinski definition) is 0. The molecule has 0 atom stereocenters. The minimum atomic E-state index is -0.303. The van der Waals surface area contributed by atoms with Gasteiger partial charge in [-0.15, -0.1) is 0 Å². The summed E-state index contributed by atoms with van der Waals surface area (Å²) >= 11 is 0. The molecule has 35 heavy (non-hydrogen) atoms. The first-order chi connectivity index (χ1) is 17.3. The molecule has 0 aromatic rings. The maximum Gasteiger partial charge on any atom is 0.253 e. The highest BCUT2D eigenvalue weighted by Gasteiger charge is 2.22. The number of nitrogens with zero attached hydrogens (tertiary/aromatic N) is 1. The zero-order valence-electron chi connectivity index (χ0n) is 20.8. The molecule has 0 aromatic heterocycles. The third kappa shape index (κ3) is 19.4. The fourth-order valence-electron chi connectivity index (χ4n) is 2.59. The van der Waals surface area contributed by atoms with E-state index < -0.39 is 0 Å². The standard InChI is InChI=1S/C23H41NO11/c1-27-6-7-29-10-11-31-14-15-33-18-19-35-21-20-34-17-16-32-13-12-30-9-8-28-5-4-24-22(25)2-3-23(24)26/h2-3H,4-21H2,1H3. The minimum Gasteiger partial charge on any atom is -0.382 e. The lowest BCUT2D eigenvalue weighted by atomic mass is 10.5. The predicted molar refractivity (Wildman–Crippen MR) is 124 cm³/mol. The Balaban J connectivity index is 1.65. The van der Waals surface area contributed by atoms with Crippen LogP contribution in [-0.2, 0) is 52.2 Å². The van der Waals surface area contributed by atoms with Crippen LogP contribution >= 0.6 is 0 Å². The fraction of sp³-hybridized carbons (Fsp3) is 0.826. The summed E-state index contributed by atoms with van der Waals surface area (Å²) in [6, 6.07) is 0. The van der Waals surface area contributed by atoms with Gasteiger partial charge in [0.05, 0.1) is 119 Å². The van der Waals surface area contributed by atoms with Gasteiger partial charge in [-0.05, 0) is 0 Å². The third-order valence-corrected chi connectivity index (χ3v) is 4.40. The Labute approximate surface area is 207 Å². The van der Waals surface area contributed by atoms with E-state index in [9.17, 15) is 9.59 Å². The van der Waals surface area contributed by atoms with Crippen LogP contribution < -0.4 is 0 Å². The van der Waals surface area contributed by atoms with E-state index in [0.717, 1.165) is 4.90 Å². The normalized spacial score (nSPS) is 13.5. The molecule has 1 aliphatic rings. The summed E-state index contributed by atoms with van der Waals surface area (Å²) in [5, 5.41) is 0. The summed E-state index contributed by atoms with van der Waals surface area (Å²) in [7, 11) is 1.64. The average Bonchev–Trinajstić information content (AvgIpc) is 3.18. The van der Waals surface area contributed by atoms with Gasteiger partial charge in [-0.2, -0.15) is 0 Å². The molecular formula is C23H41NO11. The number of amides is 2. The van der Waals surface area contributed by atoms with Crippen molar-refractivity contribution >= 4 is 11.8 Å². The number of carbonyl (C=O) groups excluding carboxylic acids is 2. The summed E-state index contributed by atoms with van der Waals surface area (Å²) in [5.41, 5.74) is 0. The summed E-state index contributed by atoms with van der Waals surface area (Å²) < 4.78 is 47.9. The number of imide groups is 1. The summed E-state index contributed by atoms with van der Waals surface area (Å²) in [6.07, 6.45) is 2.51. The molecule has 0 saturated heterocycles. The lowest BCUT2D eigenvalue weighted by molar-refractivity contribution is -0.137. The summed E-state index contributed by atoms with van der Waals surface area (Å²) in [6.45, 7) is 8.52. The van der Waals surface area contributed by atoms with Crippen LogP contribution in [0.5, 0.6) is 0 Å². The van der Waals surface area contributed by atoms with Crippen molar-refractivity contribution in [1.29, 1.82) is 0 Å². The molecule has 0 spiro atoms. The Morgan fingerprint density at radius 1 is 0.457 bits per heavy atom. The molecule has 1 rings (SSSR count). The van der Waals surface area contributed by atoms with E-state index in [2.05, 4.69) is 0 Å². The number of methoxy groups -OCH3 is 1. The number of ether oxygens (including phenoxy) is 9. The van der Waals surface area contributed by atoms with Gasteiger partial charge in [-0.3, -0.25) is 14.5 Å². The Kier molecular flexibility index (Phi) is 21.8. The van der Waals surface area contributed by atoms with Crippen molar-refractivity contribution in [3.8, 4) is 0 Å². The van der Waals surface area contributed by atoms with Gasteiger partial charge in [0.15, 0.2) is 0 Å². The SMILES string of the molecule is COCCOCCOCCOCCOCCOCCOCCOCCOCCN1C(=O)C=CC1=O. The van der Waals surface area contributed by atoms with Crippen molar-refractivity contribution in [2.24, 2.45) is 0 Å². The molecular weight excluding hydrogens is 466 g/mol. The van der Waals surface area contributed by atoms with Gasteiger partial charge in [0.1, 0.15) is 0 Å². The molecule has 0 aliphatic carbocycles. The highest BCUT2D eigenvalue weighted by molar-refractivity contribution is 6.12. The average molecular weight is 508 g/mol. The molecule has 0 fully saturated rings. The van der Waals surface area contributed by atoms with Crippen molar-refractivity contribution in [3.63, 3.8) is 0 Å². The minimum absolute atomic E-state index is 0.245. The second-order valence-electron chi connectivity index (χ2n) is 7.05. The Morgan fingerprint density at radius 3 is 1.00 bits per heavy atom. The van der Waals surface area contributed by atoms with Crippen LogP contribution in [0.15, 0.2) is 12.2 Å². The lowest BCUT2D eigenvalue weighted by Gasteiger charge is -2.13. The summed E-state index contributed by atoms with van der Waals surface area (Å²) in [4.78, 5) is 23.8. The number of hydrogen-bond acceptors (Lipinski definition) is 11. The van der Waals surface area contributed by atoms with Crippen LogP contribution in [0, 0.1) is 0 Å². The fourth-order valence-corrected chi connectivity index (χ4v) is 2.59. The highest BCUT2D eigenvalue weighted by atomic mass is 16.6. The van der Waals surface area contributed by atoms with Gasteiger partial charge in [-0.1, -0.05) is 0 Å². The van der Waals surface area contributed by atoms with Crippen molar-refractivity contribution < 1.29 is 52.2 Å². The lowest BCUT2D eigenvalue weighted by Crippen LogP contribution is -2.33. The van der Waals surface area contributed by atoms with E-state index >= 15 is 0 Å². The monoisotopic (exact) mass is 507 g/mol. The molecule has 0 saturated carbocycles. The molecule has 0 aromatic carbocycles. The van der Waals surface area contributed by atoms with Crippen LogP contribution in [0.2, 0.25) is 0 Å². The Morgan fingerprint density at radius 2 is 0.714 bits per heavy atom. The van der Waals surface area contributed by atoms with E-state index in [0.29, 0.717) is 106 Å². The smallest absolute Gasteiger partial charge is 0.253 e. The van der Waals surface area contributed by atoms with Gasteiger partial charge in [-0.25, -0.2) is 0 Å². The largest absolute Gasteiger partial charge is 0.382 e. The van der Waals surface area contributed by atoms with Crippen molar-refractivity contribution in [2.75, 3.05) is 126 Å². The first-order valence-corrected chi connectivity index (χ1v) is 11.9. The molecule has 1 heterocycles. The second kappa shape index (κ2) is 24.2. The van der Waals surface area contributed by atoms with Crippen LogP contribution in [-0.4, -0.2) is 143 Å². The van der Waals surface area contributed by atoms with E-state index in [-0.39, 0.29) is 25.0 Å². The quantitative estimate of drug-likeness (QED) is 0.108. The van der Waals surface area contributed by atoms with Crippen LogP contribution in [0.4, 0.5) is 0 Å². The van der Waals surface area contributed by atoms with Crippen molar-refractivity contribution in [1.82, 2.24) is 4.90 Å². The molecule has 1 aliphatic heterocycles. The molecule has 0 bridgehead atoms. The first kappa shape index (κ1) is 31.5. The summed E-state index contributed by atoms with van der Waals surface area (Å²) in [5.74, 6) is -0.606. The van der Waals surface area contributed by atoms with Gasteiger partial charge in [0.25, 0.3) is 11.8 Å². The van der Waals surface area contributed by atoms with Crippen LogP contribution in [0.25, 0.3) is 0 Å². The van der Waals surface area contributed by atoms with E-state index in [1.807, 2.05) is 0 Å². The molecule has 0 unspecified atom stereocenters. The molecule has 2 amide bonds. The molecule has 204 valence electrons. The third-order valence-electron chi connectivity index (χ3n) is 4.40. The van der Waals surface area contributed by atoms with Gasteiger partial charge < -0.3 is 42.6 Å². The Hall–Kier alpha value is -1.48. The molecule has 0 radical (unpaired) electrons. The van der Waals surface area contributed by atoms with E-state index in [4.69, 9.17) is 42.6 Å². The van der Waals surface area contributed by atoms with Crippen LogP contribution in [0.1, 0.15) is 0 Å². The Bertz CT molecular complexity index is 530. The van der Waals surface area contributed by atoms with Crippen molar-refractivity contribution in [2.45, 2.75) is 0 Å². The van der Waals surface area contributed by atoms with Crippen molar-refractivity contribution in [3.05, 3.63) is 12.2 Å². The van der Waals surface area contributed by atoms with Crippen LogP contribution in [0.3, 0.4) is 0 Å². The van der Waals surface area contributed by atoms with E-state index in [1.165, 1.54) is 12.2 Å². The topological polar surface area (TPSA) is 120 Å². The molecule has 0 N–H and O–H groups in total. The van der Waals surface area contributed by atoms with Gasteiger partial charge in [0, 0.05) is 19.3 Å². The number of carbonyl (C=O) groups is 2. The van der Waals surface area contributed by atoms with Gasteiger partial charge >= 0.3 is 0 Å². The predicted octanol–water partition coefficient (Wildman–Crippen LogP) is -0.309. The first-order valence-electron chi connectivity index (χ1n) is 11.9. The maximum absolute atomic E-state index is 11.4. The molecule has 12 nitrogen and oxygen atoms in total. The maximum atomic E-state index is 11.4. The van der Waals surface area contributed by atoms with E-state index in [1.54, 1.807) is 7.11 Å². The zero-order valence-corrected chi connectivity index (χ0v) is 20.8.